The maximum Gasteiger partial charge on any atom is 0.166 e. The molecule has 0 saturated heterocycles. The molecule has 0 heterocycles. The van der Waals surface area contributed by atoms with Crippen molar-refractivity contribution < 1.29 is 14.6 Å². The summed E-state index contributed by atoms with van der Waals surface area (Å²) >= 11 is 0. The van der Waals surface area contributed by atoms with Crippen LogP contribution in [0.25, 0.3) is 0 Å². The van der Waals surface area contributed by atoms with Gasteiger partial charge in [0.2, 0.25) is 0 Å². The van der Waals surface area contributed by atoms with Gasteiger partial charge >= 0.3 is 0 Å². The Labute approximate surface area is 84.4 Å². The van der Waals surface area contributed by atoms with E-state index >= 15 is 0 Å². The molecule has 0 aromatic heterocycles. The topological polar surface area (TPSA) is 46.5 Å². The van der Waals surface area contributed by atoms with Crippen LogP contribution in [0, 0.1) is 0 Å². The second-order valence-corrected chi connectivity index (χ2v) is 4.47. The quantitative estimate of drug-likeness (QED) is 0.688. The third kappa shape index (κ3) is 2.15. The Bertz CT molecular complexity index is 219. The Morgan fingerprint density at radius 3 is 2.50 bits per heavy atom. The summed E-state index contributed by atoms with van der Waals surface area (Å²) in [4.78, 5) is 11.4. The highest BCUT2D eigenvalue weighted by atomic mass is 16.6. The molecule has 14 heavy (non-hydrogen) atoms. The minimum absolute atomic E-state index is 0.170. The van der Waals surface area contributed by atoms with Crippen molar-refractivity contribution in [2.45, 2.75) is 63.3 Å². The van der Waals surface area contributed by atoms with Gasteiger partial charge in [0.25, 0.3) is 0 Å². The molecule has 1 N–H and O–H groups in total. The number of carbonyl (C=O) groups is 1. The fraction of sp³-hybridized carbons (Fsp3) is 0.909. The van der Waals surface area contributed by atoms with Gasteiger partial charge in [-0.1, -0.05) is 6.42 Å². The molecule has 0 aromatic rings. The number of hydrogen-bond donors (Lipinski definition) is 1. The zero-order valence-corrected chi connectivity index (χ0v) is 8.50. The van der Waals surface area contributed by atoms with E-state index in [-0.39, 0.29) is 11.9 Å². The van der Waals surface area contributed by atoms with E-state index in [0.717, 1.165) is 25.7 Å². The van der Waals surface area contributed by atoms with E-state index in [0.29, 0.717) is 19.3 Å². The van der Waals surface area contributed by atoms with Crippen LogP contribution >= 0.6 is 0 Å². The van der Waals surface area contributed by atoms with E-state index in [9.17, 15) is 9.90 Å². The molecule has 3 nitrogen and oxygen atoms in total. The Morgan fingerprint density at radius 1 is 1.21 bits per heavy atom. The average molecular weight is 198 g/mol. The molecule has 0 amide bonds. The van der Waals surface area contributed by atoms with E-state index in [4.69, 9.17) is 4.74 Å². The molecule has 0 spiro atoms. The monoisotopic (exact) mass is 198 g/mol. The first-order chi connectivity index (χ1) is 6.70. The number of carbonyl (C=O) groups excluding carboxylic acids is 1. The van der Waals surface area contributed by atoms with Crippen LogP contribution in [0.5, 0.6) is 0 Å². The highest BCUT2D eigenvalue weighted by molar-refractivity contribution is 5.84. The summed E-state index contributed by atoms with van der Waals surface area (Å²) in [5, 5.41) is 10.1. The first kappa shape index (κ1) is 10.1. The highest BCUT2D eigenvalue weighted by Gasteiger charge is 2.36. The van der Waals surface area contributed by atoms with Crippen molar-refractivity contribution in [3.63, 3.8) is 0 Å². The van der Waals surface area contributed by atoms with Crippen molar-refractivity contribution in [3.05, 3.63) is 0 Å². The summed E-state index contributed by atoms with van der Waals surface area (Å²) in [5.41, 5.74) is 0. The number of Topliss-reactive ketones (excluding diaryl/α,β-unsaturated/α-hetero) is 1. The van der Waals surface area contributed by atoms with Crippen molar-refractivity contribution in [2.24, 2.45) is 0 Å². The third-order valence-electron chi connectivity index (χ3n) is 3.25. The van der Waals surface area contributed by atoms with Gasteiger partial charge < -0.3 is 9.84 Å². The molecule has 2 aliphatic rings. The lowest BCUT2D eigenvalue weighted by atomic mass is 9.94. The van der Waals surface area contributed by atoms with Crippen molar-refractivity contribution in [3.8, 4) is 0 Å². The standard InChI is InChI=1S/C11H18O3/c12-9-5-4-6-10(9)14-11(13)7-2-1-3-8-11/h10,13H,1-8H2/t10-/m1/s1. The van der Waals surface area contributed by atoms with Gasteiger partial charge in [0, 0.05) is 19.3 Å². The predicted molar refractivity (Wildman–Crippen MR) is 51.8 cm³/mol. The first-order valence-electron chi connectivity index (χ1n) is 5.63. The molecule has 2 aliphatic carbocycles. The van der Waals surface area contributed by atoms with Crippen molar-refractivity contribution in [2.75, 3.05) is 0 Å². The van der Waals surface area contributed by atoms with E-state index < -0.39 is 5.79 Å². The summed E-state index contributed by atoms with van der Waals surface area (Å²) in [6.07, 6.45) is 6.59. The minimum atomic E-state index is -0.997. The molecule has 0 aromatic carbocycles. The van der Waals surface area contributed by atoms with Gasteiger partial charge in [0.05, 0.1) is 0 Å². The molecule has 0 unspecified atom stereocenters. The fourth-order valence-electron chi connectivity index (χ4n) is 2.40. The van der Waals surface area contributed by atoms with Crippen LogP contribution in [0.15, 0.2) is 0 Å². The van der Waals surface area contributed by atoms with Gasteiger partial charge in [-0.25, -0.2) is 0 Å². The third-order valence-corrected chi connectivity index (χ3v) is 3.25. The van der Waals surface area contributed by atoms with Crippen LogP contribution in [-0.4, -0.2) is 22.8 Å². The molecule has 80 valence electrons. The second-order valence-electron chi connectivity index (χ2n) is 4.47. The summed E-state index contributed by atoms with van der Waals surface area (Å²) in [6, 6.07) is 0. The Kier molecular flexibility index (Phi) is 2.88. The van der Waals surface area contributed by atoms with Gasteiger partial charge in [0.15, 0.2) is 11.6 Å². The lowest BCUT2D eigenvalue weighted by Crippen LogP contribution is -2.39. The van der Waals surface area contributed by atoms with Crippen LogP contribution in [-0.2, 0) is 9.53 Å². The maximum atomic E-state index is 11.4. The largest absolute Gasteiger partial charge is 0.365 e. The molecule has 0 bridgehead atoms. The van der Waals surface area contributed by atoms with E-state index in [1.165, 1.54) is 6.42 Å². The van der Waals surface area contributed by atoms with Gasteiger partial charge in [0.1, 0.15) is 6.10 Å². The zero-order chi connectivity index (χ0) is 10.0. The Hall–Kier alpha value is -0.410. The molecular formula is C11H18O3. The van der Waals surface area contributed by atoms with Crippen LogP contribution in [0.2, 0.25) is 0 Å². The first-order valence-corrected chi connectivity index (χ1v) is 5.63. The lowest BCUT2D eigenvalue weighted by molar-refractivity contribution is -0.239. The summed E-state index contributed by atoms with van der Waals surface area (Å²) < 4.78 is 5.56. The fourth-order valence-corrected chi connectivity index (χ4v) is 2.40. The Balaban J connectivity index is 1.91. The van der Waals surface area contributed by atoms with E-state index in [1.54, 1.807) is 0 Å². The zero-order valence-electron chi connectivity index (χ0n) is 8.50. The molecule has 2 rings (SSSR count). The molecule has 3 heteroatoms. The molecule has 0 aliphatic heterocycles. The molecule has 1 atom stereocenters. The summed E-state index contributed by atoms with van der Waals surface area (Å²) in [7, 11) is 0. The summed E-state index contributed by atoms with van der Waals surface area (Å²) in [5.74, 6) is -0.827. The lowest BCUT2D eigenvalue weighted by Gasteiger charge is -2.33. The summed E-state index contributed by atoms with van der Waals surface area (Å²) in [6.45, 7) is 0. The molecule has 0 radical (unpaired) electrons. The SMILES string of the molecule is O=C1CCC[C@H]1OC1(O)CCCCC1. The smallest absolute Gasteiger partial charge is 0.166 e. The van der Waals surface area contributed by atoms with Crippen LogP contribution < -0.4 is 0 Å². The van der Waals surface area contributed by atoms with Crippen LogP contribution in [0.3, 0.4) is 0 Å². The van der Waals surface area contributed by atoms with Crippen LogP contribution in [0.1, 0.15) is 51.4 Å². The van der Waals surface area contributed by atoms with Gasteiger partial charge in [-0.15, -0.1) is 0 Å². The van der Waals surface area contributed by atoms with Crippen LogP contribution in [0.4, 0.5) is 0 Å². The number of hydrogen-bond acceptors (Lipinski definition) is 3. The van der Waals surface area contributed by atoms with Crippen molar-refractivity contribution >= 4 is 5.78 Å². The highest BCUT2D eigenvalue weighted by Crippen LogP contribution is 2.32. The maximum absolute atomic E-state index is 11.4. The van der Waals surface area contributed by atoms with E-state index in [1.807, 2.05) is 0 Å². The number of rotatable bonds is 2. The normalized spacial score (nSPS) is 32.1. The second kappa shape index (κ2) is 3.99. The van der Waals surface area contributed by atoms with Crippen molar-refractivity contribution in [1.82, 2.24) is 0 Å². The van der Waals surface area contributed by atoms with Crippen molar-refractivity contribution in [1.29, 1.82) is 0 Å². The number of ether oxygens (including phenoxy) is 1. The molecule has 2 saturated carbocycles. The number of aliphatic hydroxyl groups is 1. The van der Waals surface area contributed by atoms with Gasteiger partial charge in [-0.3, -0.25) is 4.79 Å². The van der Waals surface area contributed by atoms with E-state index in [2.05, 4.69) is 0 Å². The molecule has 2 fully saturated rings. The number of ketones is 1. The van der Waals surface area contributed by atoms with Gasteiger partial charge in [-0.05, 0) is 25.7 Å². The molecular weight excluding hydrogens is 180 g/mol. The minimum Gasteiger partial charge on any atom is -0.365 e. The van der Waals surface area contributed by atoms with Gasteiger partial charge in [-0.2, -0.15) is 0 Å². The Morgan fingerprint density at radius 2 is 1.93 bits per heavy atom. The average Bonchev–Trinajstić information content (AvgIpc) is 2.52. The predicted octanol–water partition coefficient (Wildman–Crippen LogP) is 1.78.